The highest BCUT2D eigenvalue weighted by molar-refractivity contribution is 7.09. The highest BCUT2D eigenvalue weighted by atomic mass is 32.1. The standard InChI is InChI=1S/C6H6N4O2S/c1-3(11)5-8-6(12-9-5)4-2-7-10-13-4/h2-3,11H,1H3. The minimum Gasteiger partial charge on any atom is -0.385 e. The predicted octanol–water partition coefficient (Wildman–Crippen LogP) is 0.641. The van der Waals surface area contributed by atoms with Crippen LogP contribution in [0.1, 0.15) is 18.9 Å². The number of hydrogen-bond donors (Lipinski definition) is 1. The summed E-state index contributed by atoms with van der Waals surface area (Å²) in [6.45, 7) is 1.57. The fraction of sp³-hybridized carbons (Fsp3) is 0.333. The van der Waals surface area contributed by atoms with Gasteiger partial charge in [-0.15, -0.1) is 5.10 Å². The highest BCUT2D eigenvalue weighted by Crippen LogP contribution is 2.20. The molecule has 0 saturated carbocycles. The Morgan fingerprint density at radius 3 is 3.00 bits per heavy atom. The van der Waals surface area contributed by atoms with Crippen LogP contribution in [-0.4, -0.2) is 24.8 Å². The smallest absolute Gasteiger partial charge is 0.271 e. The Morgan fingerprint density at radius 1 is 1.62 bits per heavy atom. The number of aliphatic hydroxyl groups is 1. The molecule has 2 aromatic rings. The van der Waals surface area contributed by atoms with E-state index in [4.69, 9.17) is 9.63 Å². The number of nitrogens with zero attached hydrogens (tertiary/aromatic N) is 4. The Labute approximate surface area is 77.4 Å². The maximum absolute atomic E-state index is 9.12. The molecule has 0 aromatic carbocycles. The molecule has 1 atom stereocenters. The van der Waals surface area contributed by atoms with Crippen LogP contribution in [0.5, 0.6) is 0 Å². The first-order chi connectivity index (χ1) is 6.27. The maximum Gasteiger partial charge on any atom is 0.271 e. The molecule has 0 aliphatic heterocycles. The van der Waals surface area contributed by atoms with Crippen LogP contribution < -0.4 is 0 Å². The van der Waals surface area contributed by atoms with Crippen LogP contribution in [0.4, 0.5) is 0 Å². The van der Waals surface area contributed by atoms with Crippen molar-refractivity contribution in [3.05, 3.63) is 12.0 Å². The fourth-order valence-corrected chi connectivity index (χ4v) is 1.20. The van der Waals surface area contributed by atoms with E-state index in [1.165, 1.54) is 6.20 Å². The van der Waals surface area contributed by atoms with Crippen molar-refractivity contribution < 1.29 is 9.63 Å². The average Bonchev–Trinajstić information content (AvgIpc) is 2.75. The molecule has 7 heteroatoms. The molecule has 68 valence electrons. The third kappa shape index (κ3) is 1.56. The second kappa shape index (κ2) is 3.19. The summed E-state index contributed by atoms with van der Waals surface area (Å²) in [5.74, 6) is 0.606. The molecular weight excluding hydrogens is 192 g/mol. The lowest BCUT2D eigenvalue weighted by Gasteiger charge is -1.91. The zero-order valence-electron chi connectivity index (χ0n) is 6.71. The van der Waals surface area contributed by atoms with Crippen LogP contribution in [-0.2, 0) is 0 Å². The second-order valence-corrected chi connectivity index (χ2v) is 3.20. The molecule has 2 rings (SSSR count). The van der Waals surface area contributed by atoms with Gasteiger partial charge in [0, 0.05) is 0 Å². The highest BCUT2D eigenvalue weighted by Gasteiger charge is 2.13. The Bertz CT molecular complexity index is 383. The summed E-state index contributed by atoms with van der Waals surface area (Å²) in [6, 6.07) is 0. The summed E-state index contributed by atoms with van der Waals surface area (Å²) >= 11 is 1.16. The van der Waals surface area contributed by atoms with E-state index < -0.39 is 6.10 Å². The van der Waals surface area contributed by atoms with E-state index in [2.05, 4.69) is 19.7 Å². The summed E-state index contributed by atoms with van der Waals surface area (Å²) in [5, 5.41) is 16.3. The number of hydrogen-bond acceptors (Lipinski definition) is 7. The van der Waals surface area contributed by atoms with Crippen LogP contribution in [0.3, 0.4) is 0 Å². The van der Waals surface area contributed by atoms with E-state index in [9.17, 15) is 0 Å². The topological polar surface area (TPSA) is 84.9 Å². The molecule has 0 radical (unpaired) electrons. The SMILES string of the molecule is CC(O)c1noc(-c2cnns2)n1. The lowest BCUT2D eigenvalue weighted by molar-refractivity contribution is 0.184. The van der Waals surface area contributed by atoms with Crippen LogP contribution in [0, 0.1) is 0 Å². The van der Waals surface area contributed by atoms with Gasteiger partial charge in [-0.25, -0.2) is 0 Å². The summed E-state index contributed by atoms with van der Waals surface area (Å²) < 4.78 is 8.53. The van der Waals surface area contributed by atoms with Gasteiger partial charge < -0.3 is 9.63 Å². The van der Waals surface area contributed by atoms with E-state index in [1.807, 2.05) is 0 Å². The van der Waals surface area contributed by atoms with Gasteiger partial charge in [-0.2, -0.15) is 4.98 Å². The molecule has 2 heterocycles. The first-order valence-electron chi connectivity index (χ1n) is 3.57. The van der Waals surface area contributed by atoms with Crippen LogP contribution in [0.2, 0.25) is 0 Å². The summed E-state index contributed by atoms with van der Waals surface area (Å²) in [4.78, 5) is 4.65. The molecule has 0 aliphatic carbocycles. The van der Waals surface area contributed by atoms with Crippen molar-refractivity contribution in [2.45, 2.75) is 13.0 Å². The van der Waals surface area contributed by atoms with E-state index >= 15 is 0 Å². The van der Waals surface area contributed by atoms with Crippen molar-refractivity contribution in [3.63, 3.8) is 0 Å². The summed E-state index contributed by atoms with van der Waals surface area (Å²) in [6.07, 6.45) is 0.808. The van der Waals surface area contributed by atoms with E-state index in [-0.39, 0.29) is 5.82 Å². The Balaban J connectivity index is 2.33. The number of aromatic nitrogens is 4. The molecule has 13 heavy (non-hydrogen) atoms. The molecule has 2 aromatic heterocycles. The van der Waals surface area contributed by atoms with Gasteiger partial charge in [0.2, 0.25) is 0 Å². The fourth-order valence-electron chi connectivity index (χ4n) is 0.766. The number of rotatable bonds is 2. The molecule has 6 nitrogen and oxygen atoms in total. The van der Waals surface area contributed by atoms with Crippen LogP contribution >= 0.6 is 11.5 Å². The molecule has 0 saturated heterocycles. The van der Waals surface area contributed by atoms with Crippen molar-refractivity contribution in [3.8, 4) is 10.8 Å². The molecular formula is C6H6N4O2S. The Kier molecular flexibility index (Phi) is 2.03. The Hall–Kier alpha value is -1.34. The first-order valence-corrected chi connectivity index (χ1v) is 4.34. The van der Waals surface area contributed by atoms with Gasteiger partial charge in [-0.1, -0.05) is 9.64 Å². The van der Waals surface area contributed by atoms with Gasteiger partial charge in [0.15, 0.2) is 5.82 Å². The summed E-state index contributed by atoms with van der Waals surface area (Å²) in [5.41, 5.74) is 0. The van der Waals surface area contributed by atoms with E-state index in [0.29, 0.717) is 10.8 Å². The maximum atomic E-state index is 9.12. The molecule has 0 spiro atoms. The quantitative estimate of drug-likeness (QED) is 0.762. The van der Waals surface area contributed by atoms with Crippen molar-refractivity contribution in [2.24, 2.45) is 0 Å². The first kappa shape index (κ1) is 8.27. The average molecular weight is 198 g/mol. The second-order valence-electron chi connectivity index (χ2n) is 2.42. The van der Waals surface area contributed by atoms with Gasteiger partial charge >= 0.3 is 0 Å². The molecule has 0 aliphatic rings. The van der Waals surface area contributed by atoms with Gasteiger partial charge in [-0.3, -0.25) is 0 Å². The van der Waals surface area contributed by atoms with Crippen molar-refractivity contribution in [1.82, 2.24) is 19.7 Å². The third-order valence-electron chi connectivity index (χ3n) is 1.39. The monoisotopic (exact) mass is 198 g/mol. The molecule has 1 unspecified atom stereocenters. The van der Waals surface area contributed by atoms with Crippen molar-refractivity contribution >= 4 is 11.5 Å². The van der Waals surface area contributed by atoms with Gasteiger partial charge in [0.05, 0.1) is 6.20 Å². The minimum absolute atomic E-state index is 0.267. The minimum atomic E-state index is -0.724. The van der Waals surface area contributed by atoms with Crippen molar-refractivity contribution in [1.29, 1.82) is 0 Å². The van der Waals surface area contributed by atoms with E-state index in [0.717, 1.165) is 11.5 Å². The van der Waals surface area contributed by atoms with Crippen LogP contribution in [0.25, 0.3) is 10.8 Å². The Morgan fingerprint density at radius 2 is 2.46 bits per heavy atom. The third-order valence-corrected chi connectivity index (χ3v) is 2.04. The van der Waals surface area contributed by atoms with Gasteiger partial charge in [-0.05, 0) is 18.5 Å². The molecule has 0 bridgehead atoms. The van der Waals surface area contributed by atoms with E-state index in [1.54, 1.807) is 6.92 Å². The molecule has 0 fully saturated rings. The van der Waals surface area contributed by atoms with Crippen molar-refractivity contribution in [2.75, 3.05) is 0 Å². The molecule has 1 N–H and O–H groups in total. The molecule has 0 amide bonds. The lowest BCUT2D eigenvalue weighted by Crippen LogP contribution is -1.92. The van der Waals surface area contributed by atoms with Gasteiger partial charge in [0.1, 0.15) is 11.0 Å². The summed E-state index contributed by atoms with van der Waals surface area (Å²) in [7, 11) is 0. The lowest BCUT2D eigenvalue weighted by atomic mass is 10.4. The largest absolute Gasteiger partial charge is 0.385 e. The normalized spacial score (nSPS) is 13.1. The zero-order valence-corrected chi connectivity index (χ0v) is 7.52. The van der Waals surface area contributed by atoms with Crippen LogP contribution in [0.15, 0.2) is 10.7 Å². The zero-order chi connectivity index (χ0) is 9.26. The number of aliphatic hydroxyl groups excluding tert-OH is 1. The predicted molar refractivity (Wildman–Crippen MR) is 43.8 cm³/mol. The van der Waals surface area contributed by atoms with Gasteiger partial charge in [0.25, 0.3) is 5.89 Å².